The van der Waals surface area contributed by atoms with Gasteiger partial charge in [-0.05, 0) is 30.3 Å². The second kappa shape index (κ2) is 8.73. The van der Waals surface area contributed by atoms with Crippen LogP contribution in [-0.2, 0) is 12.7 Å². The minimum atomic E-state index is -4.71. The van der Waals surface area contributed by atoms with Gasteiger partial charge in [0.1, 0.15) is 11.4 Å². The van der Waals surface area contributed by atoms with E-state index in [4.69, 9.17) is 9.52 Å². The third-order valence-corrected chi connectivity index (χ3v) is 4.93. The second-order valence-corrected chi connectivity index (χ2v) is 7.16. The monoisotopic (exact) mass is 472 g/mol. The summed E-state index contributed by atoms with van der Waals surface area (Å²) >= 11 is 0. The minimum absolute atomic E-state index is 0.185. The Balaban J connectivity index is 1.61. The van der Waals surface area contributed by atoms with E-state index in [1.807, 2.05) is 22.8 Å². The standard InChI is InChI=1S/C22H15F3N4O5/c23-22(24,25)14-5-7-17(19(9-14)29(32)33)27-26-10-13-11-28(18-4-2-1-3-16(13)18)12-15-6-8-20(34-15)21(30)31/h1-11,27H,12H2,(H,30,31)/b26-10-. The van der Waals surface area contributed by atoms with Gasteiger partial charge in [0.2, 0.25) is 5.76 Å². The lowest BCUT2D eigenvalue weighted by Crippen LogP contribution is -2.06. The Kier molecular flexibility index (Phi) is 5.80. The normalized spacial score (nSPS) is 11.9. The van der Waals surface area contributed by atoms with Gasteiger partial charge in [0.15, 0.2) is 0 Å². The number of rotatable bonds is 7. The zero-order valence-electron chi connectivity index (χ0n) is 17.1. The summed E-state index contributed by atoms with van der Waals surface area (Å²) in [5.41, 5.74) is 1.73. The molecular weight excluding hydrogens is 457 g/mol. The smallest absolute Gasteiger partial charge is 0.416 e. The zero-order valence-corrected chi connectivity index (χ0v) is 17.1. The van der Waals surface area contributed by atoms with Gasteiger partial charge in [-0.2, -0.15) is 18.3 Å². The minimum Gasteiger partial charge on any atom is -0.475 e. The second-order valence-electron chi connectivity index (χ2n) is 7.16. The van der Waals surface area contributed by atoms with Crippen LogP contribution in [0.4, 0.5) is 24.5 Å². The fourth-order valence-electron chi connectivity index (χ4n) is 3.38. The summed E-state index contributed by atoms with van der Waals surface area (Å²) in [4.78, 5) is 21.3. The molecule has 0 spiro atoms. The number of aromatic nitrogens is 1. The fourth-order valence-corrected chi connectivity index (χ4v) is 3.38. The first kappa shape index (κ1) is 22.6. The lowest BCUT2D eigenvalue weighted by atomic mass is 10.1. The number of nitro groups is 1. The summed E-state index contributed by atoms with van der Waals surface area (Å²) in [6.45, 7) is 0.236. The highest BCUT2D eigenvalue weighted by molar-refractivity contribution is 5.99. The van der Waals surface area contributed by atoms with Crippen molar-refractivity contribution >= 4 is 34.5 Å². The molecule has 0 unspecified atom stereocenters. The number of carboxylic acids is 1. The molecule has 174 valence electrons. The van der Waals surface area contributed by atoms with Crippen LogP contribution in [0.5, 0.6) is 0 Å². The summed E-state index contributed by atoms with van der Waals surface area (Å²) < 4.78 is 45.7. The van der Waals surface area contributed by atoms with Gasteiger partial charge in [0.05, 0.1) is 23.2 Å². The first-order chi connectivity index (χ1) is 16.1. The van der Waals surface area contributed by atoms with Crippen molar-refractivity contribution in [3.63, 3.8) is 0 Å². The number of para-hydroxylation sites is 1. The van der Waals surface area contributed by atoms with Crippen molar-refractivity contribution in [3.8, 4) is 0 Å². The van der Waals surface area contributed by atoms with Crippen LogP contribution in [0.25, 0.3) is 10.9 Å². The van der Waals surface area contributed by atoms with Crippen LogP contribution in [0.2, 0.25) is 0 Å². The van der Waals surface area contributed by atoms with E-state index in [9.17, 15) is 28.1 Å². The number of fused-ring (bicyclic) bond motifs is 1. The zero-order chi connectivity index (χ0) is 24.5. The van der Waals surface area contributed by atoms with Crippen molar-refractivity contribution in [2.45, 2.75) is 12.7 Å². The predicted octanol–water partition coefficient (Wildman–Crippen LogP) is 5.35. The lowest BCUT2D eigenvalue weighted by Gasteiger charge is -2.08. The highest BCUT2D eigenvalue weighted by Gasteiger charge is 2.33. The largest absolute Gasteiger partial charge is 0.475 e. The molecule has 12 heteroatoms. The summed E-state index contributed by atoms with van der Waals surface area (Å²) in [7, 11) is 0. The Morgan fingerprint density at radius 1 is 1.21 bits per heavy atom. The molecule has 34 heavy (non-hydrogen) atoms. The van der Waals surface area contributed by atoms with E-state index in [0.29, 0.717) is 17.4 Å². The molecule has 0 atom stereocenters. The molecule has 0 fully saturated rings. The number of aromatic carboxylic acids is 1. The van der Waals surface area contributed by atoms with Gasteiger partial charge in [-0.3, -0.25) is 15.5 Å². The number of benzene rings is 2. The van der Waals surface area contributed by atoms with Crippen LogP contribution in [0.3, 0.4) is 0 Å². The SMILES string of the molecule is O=C(O)c1ccc(Cn2cc(/C=N\Nc3ccc(C(F)(F)F)cc3[N+](=O)[O-])c3ccccc32)o1. The van der Waals surface area contributed by atoms with Crippen LogP contribution in [0.1, 0.15) is 27.4 Å². The highest BCUT2D eigenvalue weighted by Crippen LogP contribution is 2.35. The number of carbonyl (C=O) groups is 1. The Morgan fingerprint density at radius 3 is 2.65 bits per heavy atom. The number of nitrogens with one attached hydrogen (secondary N) is 1. The Morgan fingerprint density at radius 2 is 1.97 bits per heavy atom. The van der Waals surface area contributed by atoms with Crippen molar-refractivity contribution < 1.29 is 32.4 Å². The van der Waals surface area contributed by atoms with Gasteiger partial charge >= 0.3 is 12.1 Å². The van der Waals surface area contributed by atoms with Crippen LogP contribution in [-0.4, -0.2) is 26.8 Å². The van der Waals surface area contributed by atoms with E-state index in [1.165, 1.54) is 12.3 Å². The Labute approximate surface area is 188 Å². The average molecular weight is 472 g/mol. The van der Waals surface area contributed by atoms with E-state index < -0.39 is 28.3 Å². The molecule has 0 radical (unpaired) electrons. The third kappa shape index (κ3) is 4.60. The van der Waals surface area contributed by atoms with Gasteiger partial charge < -0.3 is 14.1 Å². The molecule has 0 aliphatic heterocycles. The van der Waals surface area contributed by atoms with Gasteiger partial charge in [0.25, 0.3) is 5.69 Å². The number of furan rings is 1. The number of alkyl halides is 3. The van der Waals surface area contributed by atoms with Crippen molar-refractivity contribution in [1.29, 1.82) is 0 Å². The third-order valence-electron chi connectivity index (χ3n) is 4.93. The van der Waals surface area contributed by atoms with Gasteiger partial charge in [-0.1, -0.05) is 18.2 Å². The molecule has 0 saturated heterocycles. The van der Waals surface area contributed by atoms with Crippen LogP contribution in [0.15, 0.2) is 70.3 Å². The van der Waals surface area contributed by atoms with E-state index in [-0.39, 0.29) is 18.0 Å². The summed E-state index contributed by atoms with van der Waals surface area (Å²) in [5.74, 6) is -0.949. The van der Waals surface area contributed by atoms with E-state index in [1.54, 1.807) is 18.3 Å². The summed E-state index contributed by atoms with van der Waals surface area (Å²) in [6, 6.07) is 12.3. The molecule has 2 aromatic carbocycles. The molecule has 0 amide bonds. The molecule has 4 rings (SSSR count). The van der Waals surface area contributed by atoms with Crippen LogP contribution < -0.4 is 5.43 Å². The maximum absolute atomic E-state index is 12.9. The Bertz CT molecular complexity index is 1420. The Hall–Kier alpha value is -4.61. The molecule has 2 heterocycles. The number of anilines is 1. The molecule has 2 aromatic heterocycles. The number of halogens is 3. The van der Waals surface area contributed by atoms with Gasteiger partial charge in [-0.15, -0.1) is 0 Å². The molecule has 0 aliphatic rings. The average Bonchev–Trinajstić information content (AvgIpc) is 3.39. The number of hydrogen-bond acceptors (Lipinski definition) is 6. The van der Waals surface area contributed by atoms with Crippen molar-refractivity contribution in [1.82, 2.24) is 4.57 Å². The van der Waals surface area contributed by atoms with Gasteiger partial charge in [-0.25, -0.2) is 4.79 Å². The van der Waals surface area contributed by atoms with E-state index in [2.05, 4.69) is 10.5 Å². The first-order valence-corrected chi connectivity index (χ1v) is 9.68. The van der Waals surface area contributed by atoms with Crippen molar-refractivity contribution in [2.75, 3.05) is 5.43 Å². The van der Waals surface area contributed by atoms with Crippen molar-refractivity contribution in [2.24, 2.45) is 5.10 Å². The maximum atomic E-state index is 12.9. The van der Waals surface area contributed by atoms with E-state index in [0.717, 1.165) is 23.0 Å². The topological polar surface area (TPSA) is 123 Å². The number of carboxylic acid groups (broad SMARTS) is 1. The molecule has 0 bridgehead atoms. The summed E-state index contributed by atoms with van der Waals surface area (Å²) in [5, 5.41) is 25.0. The maximum Gasteiger partial charge on any atom is 0.416 e. The van der Waals surface area contributed by atoms with Crippen molar-refractivity contribution in [3.05, 3.63) is 93.6 Å². The van der Waals surface area contributed by atoms with E-state index >= 15 is 0 Å². The molecule has 0 aliphatic carbocycles. The summed E-state index contributed by atoms with van der Waals surface area (Å²) in [6.07, 6.45) is -1.61. The highest BCUT2D eigenvalue weighted by atomic mass is 19.4. The lowest BCUT2D eigenvalue weighted by molar-refractivity contribution is -0.384. The number of hydrogen-bond donors (Lipinski definition) is 2. The fraction of sp³-hybridized carbons (Fsp3) is 0.0909. The molecule has 0 saturated carbocycles. The first-order valence-electron chi connectivity index (χ1n) is 9.68. The molecule has 2 N–H and O–H groups in total. The molecular formula is C22H15F3N4O5. The number of hydrazone groups is 1. The molecule has 4 aromatic rings. The quantitative estimate of drug-likeness (QED) is 0.212. The number of nitro benzene ring substituents is 1. The number of nitrogens with zero attached hydrogens (tertiary/aromatic N) is 3. The predicted molar refractivity (Wildman–Crippen MR) is 116 cm³/mol. The van der Waals surface area contributed by atoms with Crippen LogP contribution >= 0.6 is 0 Å². The molecule has 9 nitrogen and oxygen atoms in total. The van der Waals surface area contributed by atoms with Crippen LogP contribution in [0, 0.1) is 10.1 Å². The van der Waals surface area contributed by atoms with Gasteiger partial charge in [0, 0.05) is 28.7 Å².